The van der Waals surface area contributed by atoms with Gasteiger partial charge in [-0.15, -0.1) is 0 Å². The maximum absolute atomic E-state index is 12.3. The number of morpholine rings is 1. The molecule has 0 unspecified atom stereocenters. The highest BCUT2D eigenvalue weighted by Crippen LogP contribution is 2.33. The number of halogens is 1. The van der Waals surface area contributed by atoms with Crippen molar-refractivity contribution in [2.24, 2.45) is 0 Å². The second kappa shape index (κ2) is 8.45. The summed E-state index contributed by atoms with van der Waals surface area (Å²) in [6.07, 6.45) is 2.34. The van der Waals surface area contributed by atoms with E-state index in [0.29, 0.717) is 24.5 Å². The summed E-state index contributed by atoms with van der Waals surface area (Å²) in [5.74, 6) is -0.512. The molecule has 1 saturated heterocycles. The minimum Gasteiger partial charge on any atom is -0.374 e. The predicted octanol–water partition coefficient (Wildman–Crippen LogP) is 2.03. The number of hydrogen-bond donors (Lipinski definition) is 1. The second-order valence-corrected chi connectivity index (χ2v) is 6.62. The monoisotopic (exact) mass is 401 g/mol. The Hall–Kier alpha value is -2.84. The molecule has 2 amide bonds. The first-order valence-corrected chi connectivity index (χ1v) is 9.09. The van der Waals surface area contributed by atoms with Crippen LogP contribution in [0.3, 0.4) is 0 Å². The lowest BCUT2D eigenvalue weighted by Gasteiger charge is -2.39. The van der Waals surface area contributed by atoms with E-state index in [2.05, 4.69) is 26.8 Å². The quantitative estimate of drug-likeness (QED) is 0.621. The van der Waals surface area contributed by atoms with Crippen LogP contribution < -0.4 is 5.32 Å². The third-order valence-corrected chi connectivity index (χ3v) is 4.69. The van der Waals surface area contributed by atoms with Crippen LogP contribution in [-0.4, -0.2) is 58.0 Å². The van der Waals surface area contributed by atoms with Crippen molar-refractivity contribution in [1.82, 2.24) is 25.2 Å². The lowest BCUT2D eigenvalue weighted by atomic mass is 9.98. The summed E-state index contributed by atoms with van der Waals surface area (Å²) in [7, 11) is 1.52. The zero-order valence-electron chi connectivity index (χ0n) is 15.6. The van der Waals surface area contributed by atoms with Gasteiger partial charge in [0.25, 0.3) is 5.91 Å². The van der Waals surface area contributed by atoms with Crippen molar-refractivity contribution in [2.45, 2.75) is 19.1 Å². The average Bonchev–Trinajstić information content (AvgIpc) is 2.71. The van der Waals surface area contributed by atoms with Gasteiger partial charge in [-0.1, -0.05) is 18.2 Å². The Morgan fingerprint density at radius 2 is 2.11 bits per heavy atom. The molecule has 8 nitrogen and oxygen atoms in total. The second-order valence-electron chi connectivity index (χ2n) is 6.23. The van der Waals surface area contributed by atoms with E-state index in [-0.39, 0.29) is 34.8 Å². The molecule has 0 aromatic carbocycles. The first-order valence-electron chi connectivity index (χ1n) is 8.71. The highest BCUT2D eigenvalue weighted by atomic mass is 35.5. The molecule has 3 heterocycles. The van der Waals surface area contributed by atoms with Crippen molar-refractivity contribution >= 4 is 23.4 Å². The Morgan fingerprint density at radius 3 is 2.82 bits per heavy atom. The van der Waals surface area contributed by atoms with Gasteiger partial charge < -0.3 is 15.0 Å². The van der Waals surface area contributed by atoms with Gasteiger partial charge >= 0.3 is 0 Å². The fourth-order valence-corrected chi connectivity index (χ4v) is 3.42. The van der Waals surface area contributed by atoms with Crippen LogP contribution >= 0.6 is 11.6 Å². The highest BCUT2D eigenvalue weighted by Gasteiger charge is 2.33. The van der Waals surface area contributed by atoms with Gasteiger partial charge in [0.05, 0.1) is 30.1 Å². The summed E-state index contributed by atoms with van der Waals surface area (Å²) in [5, 5.41) is 2.77. The Labute approximate surface area is 167 Å². The molecule has 146 valence electrons. The van der Waals surface area contributed by atoms with Crippen molar-refractivity contribution in [2.75, 3.05) is 20.2 Å². The fourth-order valence-electron chi connectivity index (χ4n) is 3.20. The molecule has 0 spiro atoms. The van der Waals surface area contributed by atoms with Crippen molar-refractivity contribution in [3.05, 3.63) is 53.6 Å². The Bertz CT molecular complexity index is 920. The molecule has 1 aliphatic rings. The topological polar surface area (TPSA) is 97.3 Å². The van der Waals surface area contributed by atoms with Gasteiger partial charge in [-0.3, -0.25) is 9.59 Å². The summed E-state index contributed by atoms with van der Waals surface area (Å²) in [5.41, 5.74) is 1.90. The van der Waals surface area contributed by atoms with E-state index in [1.807, 2.05) is 6.92 Å². The molecule has 1 N–H and O–H groups in total. The molecule has 0 aliphatic carbocycles. The minimum atomic E-state index is -0.348. The van der Waals surface area contributed by atoms with Gasteiger partial charge in [0, 0.05) is 13.6 Å². The van der Waals surface area contributed by atoms with Gasteiger partial charge in [0.15, 0.2) is 0 Å². The van der Waals surface area contributed by atoms with Gasteiger partial charge in [-0.2, -0.15) is 0 Å². The molecule has 0 bridgehead atoms. The number of aromatic nitrogens is 3. The van der Waals surface area contributed by atoms with Crippen LogP contribution in [0.5, 0.6) is 0 Å². The Balaban J connectivity index is 2.05. The van der Waals surface area contributed by atoms with E-state index in [1.165, 1.54) is 25.5 Å². The number of nitrogens with one attached hydrogen (secondary N) is 1. The standard InChI is InChI=1S/C19H20ClN5O3/c1-4-17(26)25-5-6-28-11(2)18(25)12-7-14(24-16(20)8-12)13-9-15(19(27)21-3)23-10-22-13/h4,7-11,18H,1,5-6H2,2-3H3,(H,21,27)/t11-,18-/m0/s1. The number of nitrogens with zero attached hydrogens (tertiary/aromatic N) is 4. The largest absolute Gasteiger partial charge is 0.374 e. The molecule has 3 rings (SSSR count). The molecule has 9 heteroatoms. The number of amides is 2. The average molecular weight is 402 g/mol. The van der Waals surface area contributed by atoms with Crippen LogP contribution in [0, 0.1) is 0 Å². The molecule has 2 atom stereocenters. The van der Waals surface area contributed by atoms with Crippen molar-refractivity contribution in [1.29, 1.82) is 0 Å². The number of hydrogen-bond acceptors (Lipinski definition) is 6. The van der Waals surface area contributed by atoms with E-state index in [4.69, 9.17) is 16.3 Å². The molecule has 1 aliphatic heterocycles. The summed E-state index contributed by atoms with van der Waals surface area (Å²) in [6.45, 7) is 6.38. The van der Waals surface area contributed by atoms with E-state index in [1.54, 1.807) is 17.0 Å². The van der Waals surface area contributed by atoms with E-state index in [0.717, 1.165) is 5.56 Å². The van der Waals surface area contributed by atoms with Crippen LogP contribution in [0.2, 0.25) is 5.15 Å². The zero-order valence-corrected chi connectivity index (χ0v) is 16.3. The third-order valence-electron chi connectivity index (χ3n) is 4.50. The first kappa shape index (κ1) is 19.9. The maximum atomic E-state index is 12.3. The van der Waals surface area contributed by atoms with Crippen molar-refractivity contribution in [3.8, 4) is 11.4 Å². The van der Waals surface area contributed by atoms with Crippen LogP contribution in [0.25, 0.3) is 11.4 Å². The van der Waals surface area contributed by atoms with E-state index >= 15 is 0 Å². The van der Waals surface area contributed by atoms with Crippen LogP contribution in [0.4, 0.5) is 0 Å². The summed E-state index contributed by atoms with van der Waals surface area (Å²) in [4.78, 5) is 38.4. The van der Waals surface area contributed by atoms with Gasteiger partial charge in [-0.25, -0.2) is 15.0 Å². The van der Waals surface area contributed by atoms with Crippen LogP contribution in [0.15, 0.2) is 37.2 Å². The molecular weight excluding hydrogens is 382 g/mol. The Morgan fingerprint density at radius 1 is 1.32 bits per heavy atom. The highest BCUT2D eigenvalue weighted by molar-refractivity contribution is 6.29. The lowest BCUT2D eigenvalue weighted by molar-refractivity contribution is -0.140. The minimum absolute atomic E-state index is 0.182. The molecule has 28 heavy (non-hydrogen) atoms. The molecule has 0 saturated carbocycles. The lowest BCUT2D eigenvalue weighted by Crippen LogP contribution is -2.46. The van der Waals surface area contributed by atoms with E-state index in [9.17, 15) is 9.59 Å². The maximum Gasteiger partial charge on any atom is 0.269 e. The number of carbonyl (C=O) groups is 2. The summed E-state index contributed by atoms with van der Waals surface area (Å²) >= 11 is 6.26. The number of pyridine rings is 1. The van der Waals surface area contributed by atoms with Gasteiger partial charge in [0.1, 0.15) is 17.2 Å². The molecule has 0 radical (unpaired) electrons. The smallest absolute Gasteiger partial charge is 0.269 e. The zero-order chi connectivity index (χ0) is 20.3. The molecule has 1 fully saturated rings. The first-order chi connectivity index (χ1) is 13.4. The van der Waals surface area contributed by atoms with Crippen LogP contribution in [0.1, 0.15) is 29.0 Å². The van der Waals surface area contributed by atoms with Crippen molar-refractivity contribution in [3.63, 3.8) is 0 Å². The third kappa shape index (κ3) is 4.02. The van der Waals surface area contributed by atoms with E-state index < -0.39 is 0 Å². The number of rotatable bonds is 4. The molecule has 2 aromatic rings. The van der Waals surface area contributed by atoms with Crippen molar-refractivity contribution < 1.29 is 14.3 Å². The van der Waals surface area contributed by atoms with Gasteiger partial charge in [-0.05, 0) is 36.8 Å². The molecule has 2 aromatic heterocycles. The SMILES string of the molecule is C=CC(=O)N1CCO[C@@H](C)[C@H]1c1cc(Cl)nc(-c2cc(C(=O)NC)ncn2)c1. The Kier molecular flexibility index (Phi) is 6.01. The summed E-state index contributed by atoms with van der Waals surface area (Å²) < 4.78 is 5.75. The normalized spacial score (nSPS) is 19.2. The van der Waals surface area contributed by atoms with Crippen LogP contribution in [-0.2, 0) is 9.53 Å². The number of ether oxygens (including phenoxy) is 1. The predicted molar refractivity (Wildman–Crippen MR) is 104 cm³/mol. The number of carbonyl (C=O) groups excluding carboxylic acids is 2. The molecular formula is C19H20ClN5O3. The summed E-state index contributed by atoms with van der Waals surface area (Å²) in [6, 6.07) is 4.68. The fraction of sp³-hybridized carbons (Fsp3) is 0.316. The van der Waals surface area contributed by atoms with Gasteiger partial charge in [0.2, 0.25) is 5.91 Å².